The maximum absolute atomic E-state index is 3.77. The molecule has 0 aromatic heterocycles. The molecule has 0 aromatic carbocycles. The van der Waals surface area contributed by atoms with Gasteiger partial charge in [-0.15, -0.1) is 0 Å². The molecule has 1 saturated carbocycles. The fourth-order valence-corrected chi connectivity index (χ4v) is 2.90. The Morgan fingerprint density at radius 3 is 2.27 bits per heavy atom. The van der Waals surface area contributed by atoms with E-state index in [0.29, 0.717) is 0 Å². The van der Waals surface area contributed by atoms with Crippen LogP contribution in [0.4, 0.5) is 0 Å². The molecule has 0 spiro atoms. The van der Waals surface area contributed by atoms with Gasteiger partial charge in [0.1, 0.15) is 0 Å². The van der Waals surface area contributed by atoms with Gasteiger partial charge < -0.3 is 10.6 Å². The summed E-state index contributed by atoms with van der Waals surface area (Å²) in [4.78, 5) is 0. The van der Waals surface area contributed by atoms with Gasteiger partial charge >= 0.3 is 0 Å². The highest BCUT2D eigenvalue weighted by atomic mass is 15.0. The molecule has 1 saturated heterocycles. The van der Waals surface area contributed by atoms with Crippen molar-refractivity contribution in [3.8, 4) is 0 Å². The Morgan fingerprint density at radius 2 is 1.60 bits per heavy atom. The summed E-state index contributed by atoms with van der Waals surface area (Å²) in [5.41, 5.74) is 0. The first-order chi connectivity index (χ1) is 7.45. The van der Waals surface area contributed by atoms with E-state index in [2.05, 4.69) is 10.6 Å². The monoisotopic (exact) mass is 210 g/mol. The van der Waals surface area contributed by atoms with Crippen molar-refractivity contribution in [2.45, 2.75) is 69.9 Å². The lowest BCUT2D eigenvalue weighted by molar-refractivity contribution is 0.374. The molecule has 88 valence electrons. The predicted octanol–water partition coefficient (Wildman–Crippen LogP) is 2.44. The summed E-state index contributed by atoms with van der Waals surface area (Å²) in [5, 5.41) is 7.33. The van der Waals surface area contributed by atoms with Crippen molar-refractivity contribution in [3.63, 3.8) is 0 Å². The van der Waals surface area contributed by atoms with E-state index < -0.39 is 0 Å². The Kier molecular flexibility index (Phi) is 4.94. The van der Waals surface area contributed by atoms with Crippen LogP contribution in [0.1, 0.15) is 57.8 Å². The van der Waals surface area contributed by atoms with E-state index in [4.69, 9.17) is 0 Å². The third-order valence-corrected chi connectivity index (χ3v) is 3.92. The standard InChI is InChI=1S/C13H26N2/c1-2-4-7-12(8-5-3-1)15-11-13-9-6-10-14-13/h12-15H,1-11H2. The molecule has 0 radical (unpaired) electrons. The molecule has 2 rings (SSSR count). The van der Waals surface area contributed by atoms with E-state index in [0.717, 1.165) is 12.1 Å². The topological polar surface area (TPSA) is 24.1 Å². The quantitative estimate of drug-likeness (QED) is 0.747. The van der Waals surface area contributed by atoms with Crippen LogP contribution in [0.25, 0.3) is 0 Å². The maximum atomic E-state index is 3.77. The van der Waals surface area contributed by atoms with Crippen molar-refractivity contribution in [1.29, 1.82) is 0 Å². The highest BCUT2D eigenvalue weighted by molar-refractivity contribution is 4.79. The zero-order chi connectivity index (χ0) is 10.3. The summed E-state index contributed by atoms with van der Waals surface area (Å²) in [6, 6.07) is 1.57. The summed E-state index contributed by atoms with van der Waals surface area (Å²) in [6.45, 7) is 2.43. The minimum atomic E-state index is 0.760. The molecule has 0 bridgehead atoms. The van der Waals surface area contributed by atoms with E-state index >= 15 is 0 Å². The molecule has 0 amide bonds. The molecule has 2 heteroatoms. The third-order valence-electron chi connectivity index (χ3n) is 3.92. The number of hydrogen-bond acceptors (Lipinski definition) is 2. The Balaban J connectivity index is 1.62. The molecule has 1 heterocycles. The van der Waals surface area contributed by atoms with E-state index in [9.17, 15) is 0 Å². The molecule has 1 aliphatic heterocycles. The largest absolute Gasteiger partial charge is 0.313 e. The Hall–Kier alpha value is -0.0800. The lowest BCUT2D eigenvalue weighted by Crippen LogP contribution is -2.39. The van der Waals surface area contributed by atoms with Crippen molar-refractivity contribution >= 4 is 0 Å². The first kappa shape index (κ1) is 11.4. The van der Waals surface area contributed by atoms with E-state index in [1.165, 1.54) is 70.9 Å². The molecule has 1 atom stereocenters. The summed E-state index contributed by atoms with van der Waals surface area (Å²) in [7, 11) is 0. The van der Waals surface area contributed by atoms with E-state index in [-0.39, 0.29) is 0 Å². The minimum absolute atomic E-state index is 0.760. The van der Waals surface area contributed by atoms with Crippen LogP contribution >= 0.6 is 0 Å². The molecule has 0 aromatic rings. The SMILES string of the molecule is C1CCCC(NCC2CCCN2)CCC1. The van der Waals surface area contributed by atoms with Crippen LogP contribution in [0.2, 0.25) is 0 Å². The van der Waals surface area contributed by atoms with Gasteiger partial charge in [0.15, 0.2) is 0 Å². The van der Waals surface area contributed by atoms with Crippen LogP contribution in [-0.2, 0) is 0 Å². The molecule has 15 heavy (non-hydrogen) atoms. The zero-order valence-corrected chi connectivity index (χ0v) is 9.93. The van der Waals surface area contributed by atoms with Gasteiger partial charge in [0, 0.05) is 18.6 Å². The van der Waals surface area contributed by atoms with Crippen molar-refractivity contribution < 1.29 is 0 Å². The van der Waals surface area contributed by atoms with Crippen LogP contribution in [-0.4, -0.2) is 25.2 Å². The molecular formula is C13H26N2. The number of nitrogens with one attached hydrogen (secondary N) is 2. The lowest BCUT2D eigenvalue weighted by Gasteiger charge is -2.23. The normalized spacial score (nSPS) is 30.0. The zero-order valence-electron chi connectivity index (χ0n) is 9.93. The van der Waals surface area contributed by atoms with Gasteiger partial charge in [-0.3, -0.25) is 0 Å². The van der Waals surface area contributed by atoms with Crippen LogP contribution < -0.4 is 10.6 Å². The molecule has 1 aliphatic carbocycles. The fourth-order valence-electron chi connectivity index (χ4n) is 2.90. The first-order valence-corrected chi connectivity index (χ1v) is 6.92. The molecule has 2 N–H and O–H groups in total. The van der Waals surface area contributed by atoms with Crippen molar-refractivity contribution in [1.82, 2.24) is 10.6 Å². The van der Waals surface area contributed by atoms with Crippen molar-refractivity contribution in [2.75, 3.05) is 13.1 Å². The highest BCUT2D eigenvalue weighted by Gasteiger charge is 2.16. The number of rotatable bonds is 3. The van der Waals surface area contributed by atoms with Crippen molar-refractivity contribution in [3.05, 3.63) is 0 Å². The summed E-state index contributed by atoms with van der Waals surface area (Å²) < 4.78 is 0. The molecule has 2 nitrogen and oxygen atoms in total. The van der Waals surface area contributed by atoms with Crippen LogP contribution in [0.5, 0.6) is 0 Å². The van der Waals surface area contributed by atoms with Crippen LogP contribution in [0, 0.1) is 0 Å². The third kappa shape index (κ3) is 4.12. The summed E-state index contributed by atoms with van der Waals surface area (Å²) in [5.74, 6) is 0. The smallest absolute Gasteiger partial charge is 0.0193 e. The Labute approximate surface area is 94.2 Å². The average molecular weight is 210 g/mol. The molecule has 2 fully saturated rings. The minimum Gasteiger partial charge on any atom is -0.313 e. The van der Waals surface area contributed by atoms with Crippen molar-refractivity contribution in [2.24, 2.45) is 0 Å². The van der Waals surface area contributed by atoms with Gasteiger partial charge in [0.25, 0.3) is 0 Å². The van der Waals surface area contributed by atoms with Gasteiger partial charge in [0.2, 0.25) is 0 Å². The second-order valence-electron chi connectivity index (χ2n) is 5.24. The highest BCUT2D eigenvalue weighted by Crippen LogP contribution is 2.17. The van der Waals surface area contributed by atoms with E-state index in [1.807, 2.05) is 0 Å². The van der Waals surface area contributed by atoms with Gasteiger partial charge in [-0.2, -0.15) is 0 Å². The summed E-state index contributed by atoms with van der Waals surface area (Å²) in [6.07, 6.45) is 12.8. The second-order valence-corrected chi connectivity index (χ2v) is 5.24. The average Bonchev–Trinajstić information content (AvgIpc) is 2.68. The summed E-state index contributed by atoms with van der Waals surface area (Å²) >= 11 is 0. The molecular weight excluding hydrogens is 184 g/mol. The van der Waals surface area contributed by atoms with Gasteiger partial charge in [-0.25, -0.2) is 0 Å². The van der Waals surface area contributed by atoms with Crippen LogP contribution in [0.15, 0.2) is 0 Å². The maximum Gasteiger partial charge on any atom is 0.0193 e. The van der Waals surface area contributed by atoms with Crippen LogP contribution in [0.3, 0.4) is 0 Å². The van der Waals surface area contributed by atoms with Gasteiger partial charge in [-0.1, -0.05) is 32.1 Å². The van der Waals surface area contributed by atoms with Gasteiger partial charge in [-0.05, 0) is 32.2 Å². The first-order valence-electron chi connectivity index (χ1n) is 6.92. The number of hydrogen-bond donors (Lipinski definition) is 2. The Bertz CT molecular complexity index is 156. The van der Waals surface area contributed by atoms with Gasteiger partial charge in [0.05, 0.1) is 0 Å². The lowest BCUT2D eigenvalue weighted by atomic mass is 9.96. The molecule has 2 aliphatic rings. The van der Waals surface area contributed by atoms with E-state index in [1.54, 1.807) is 0 Å². The Morgan fingerprint density at radius 1 is 0.867 bits per heavy atom. The second kappa shape index (κ2) is 6.49. The molecule has 1 unspecified atom stereocenters. The fraction of sp³-hybridized carbons (Fsp3) is 1.00. The predicted molar refractivity (Wildman–Crippen MR) is 65.1 cm³/mol.